The summed E-state index contributed by atoms with van der Waals surface area (Å²) >= 11 is 0. The number of benzene rings is 1. The first-order valence-electron chi connectivity index (χ1n) is 8.12. The lowest BCUT2D eigenvalue weighted by Crippen LogP contribution is -2.39. The number of hydrogen-bond acceptors (Lipinski definition) is 2. The van der Waals surface area contributed by atoms with Crippen molar-refractivity contribution in [3.8, 4) is 0 Å². The second kappa shape index (κ2) is 9.15. The molecule has 0 heterocycles. The van der Waals surface area contributed by atoms with Crippen molar-refractivity contribution in [2.24, 2.45) is 5.92 Å². The van der Waals surface area contributed by atoms with Crippen LogP contribution >= 0.6 is 0 Å². The lowest BCUT2D eigenvalue weighted by molar-refractivity contribution is 0.181. The molecule has 1 aromatic rings. The third-order valence-corrected chi connectivity index (χ3v) is 4.00. The SMILES string of the molecule is CCCNC(c1ccccc1)C(C)CN(CC)C(C)C. The van der Waals surface area contributed by atoms with Crippen LogP contribution < -0.4 is 5.32 Å². The van der Waals surface area contributed by atoms with Gasteiger partial charge in [-0.1, -0.05) is 51.1 Å². The van der Waals surface area contributed by atoms with Gasteiger partial charge in [-0.25, -0.2) is 0 Å². The van der Waals surface area contributed by atoms with Crippen molar-refractivity contribution in [3.63, 3.8) is 0 Å². The quantitative estimate of drug-likeness (QED) is 0.730. The van der Waals surface area contributed by atoms with Gasteiger partial charge in [-0.2, -0.15) is 0 Å². The van der Waals surface area contributed by atoms with E-state index >= 15 is 0 Å². The fourth-order valence-electron chi connectivity index (χ4n) is 2.79. The molecule has 2 unspecified atom stereocenters. The number of hydrogen-bond donors (Lipinski definition) is 1. The standard InChI is InChI=1S/C18H32N2/c1-6-13-19-18(17-11-9-8-10-12-17)16(5)14-20(7-2)15(3)4/h8-12,15-16,18-19H,6-7,13-14H2,1-5H3. The Morgan fingerprint density at radius 2 is 1.70 bits per heavy atom. The Bertz CT molecular complexity index is 348. The summed E-state index contributed by atoms with van der Waals surface area (Å²) in [6, 6.07) is 11.9. The van der Waals surface area contributed by atoms with Crippen LogP contribution in [0.25, 0.3) is 0 Å². The molecule has 0 bridgehead atoms. The van der Waals surface area contributed by atoms with Crippen molar-refractivity contribution in [3.05, 3.63) is 35.9 Å². The van der Waals surface area contributed by atoms with Crippen molar-refractivity contribution in [2.75, 3.05) is 19.6 Å². The average Bonchev–Trinajstić information content (AvgIpc) is 2.46. The second-order valence-electron chi connectivity index (χ2n) is 6.00. The summed E-state index contributed by atoms with van der Waals surface area (Å²) in [6.07, 6.45) is 1.18. The maximum absolute atomic E-state index is 3.73. The molecule has 1 aromatic carbocycles. The summed E-state index contributed by atoms with van der Waals surface area (Å²) in [7, 11) is 0. The van der Waals surface area contributed by atoms with Crippen molar-refractivity contribution in [2.45, 2.75) is 53.1 Å². The summed E-state index contributed by atoms with van der Waals surface area (Å²) in [5.41, 5.74) is 1.41. The highest BCUT2D eigenvalue weighted by atomic mass is 15.1. The summed E-state index contributed by atoms with van der Waals surface area (Å²) in [5.74, 6) is 0.603. The molecule has 20 heavy (non-hydrogen) atoms. The van der Waals surface area contributed by atoms with E-state index in [9.17, 15) is 0 Å². The smallest absolute Gasteiger partial charge is 0.0358 e. The molecule has 1 N–H and O–H groups in total. The first-order chi connectivity index (χ1) is 9.60. The van der Waals surface area contributed by atoms with Crippen LogP contribution in [0.15, 0.2) is 30.3 Å². The van der Waals surface area contributed by atoms with E-state index in [0.29, 0.717) is 18.0 Å². The van der Waals surface area contributed by atoms with Crippen LogP contribution in [0.3, 0.4) is 0 Å². The van der Waals surface area contributed by atoms with Crippen LogP contribution in [0.1, 0.15) is 52.6 Å². The van der Waals surface area contributed by atoms with Crippen LogP contribution in [0, 0.1) is 5.92 Å². The number of nitrogens with zero attached hydrogens (tertiary/aromatic N) is 1. The van der Waals surface area contributed by atoms with Gasteiger partial charge in [0.25, 0.3) is 0 Å². The van der Waals surface area contributed by atoms with E-state index in [-0.39, 0.29) is 0 Å². The lowest BCUT2D eigenvalue weighted by Gasteiger charge is -2.33. The van der Waals surface area contributed by atoms with E-state index < -0.39 is 0 Å². The minimum Gasteiger partial charge on any atom is -0.310 e. The molecule has 114 valence electrons. The van der Waals surface area contributed by atoms with E-state index in [1.807, 2.05) is 0 Å². The van der Waals surface area contributed by atoms with Gasteiger partial charge in [0.2, 0.25) is 0 Å². The van der Waals surface area contributed by atoms with Crippen molar-refractivity contribution < 1.29 is 0 Å². The van der Waals surface area contributed by atoms with Crippen molar-refractivity contribution in [1.29, 1.82) is 0 Å². The van der Waals surface area contributed by atoms with E-state index in [0.717, 1.165) is 19.6 Å². The van der Waals surface area contributed by atoms with E-state index in [1.54, 1.807) is 0 Å². The summed E-state index contributed by atoms with van der Waals surface area (Å²) in [5, 5.41) is 3.73. The first-order valence-corrected chi connectivity index (χ1v) is 8.12. The Morgan fingerprint density at radius 3 is 2.20 bits per heavy atom. The first kappa shape index (κ1) is 17.2. The van der Waals surface area contributed by atoms with Gasteiger partial charge in [0.05, 0.1) is 0 Å². The molecule has 0 saturated heterocycles. The molecule has 0 spiro atoms. The molecule has 2 atom stereocenters. The van der Waals surface area contributed by atoms with E-state index in [4.69, 9.17) is 0 Å². The predicted octanol–water partition coefficient (Wildman–Crippen LogP) is 4.09. The van der Waals surface area contributed by atoms with Crippen LogP contribution in [0.2, 0.25) is 0 Å². The zero-order valence-corrected chi connectivity index (χ0v) is 13.9. The van der Waals surface area contributed by atoms with E-state index in [1.165, 1.54) is 12.0 Å². The zero-order chi connectivity index (χ0) is 15.0. The van der Waals surface area contributed by atoms with Gasteiger partial charge in [-0.05, 0) is 44.8 Å². The molecular weight excluding hydrogens is 244 g/mol. The Labute approximate surface area is 125 Å². The molecule has 0 aliphatic heterocycles. The minimum atomic E-state index is 0.448. The maximum atomic E-state index is 3.73. The molecule has 0 saturated carbocycles. The van der Waals surface area contributed by atoms with E-state index in [2.05, 4.69) is 75.2 Å². The van der Waals surface area contributed by atoms with Gasteiger partial charge in [-0.15, -0.1) is 0 Å². The average molecular weight is 276 g/mol. The lowest BCUT2D eigenvalue weighted by atomic mass is 9.93. The Balaban J connectivity index is 2.77. The molecule has 1 rings (SSSR count). The molecule has 2 nitrogen and oxygen atoms in total. The van der Waals surface area contributed by atoms with Gasteiger partial charge < -0.3 is 10.2 Å². The van der Waals surface area contributed by atoms with Crippen molar-refractivity contribution >= 4 is 0 Å². The van der Waals surface area contributed by atoms with Crippen LogP contribution in [0.5, 0.6) is 0 Å². The molecule has 0 amide bonds. The van der Waals surface area contributed by atoms with Gasteiger partial charge in [0.1, 0.15) is 0 Å². The van der Waals surface area contributed by atoms with Gasteiger partial charge in [-0.3, -0.25) is 0 Å². The highest BCUT2D eigenvalue weighted by Crippen LogP contribution is 2.23. The summed E-state index contributed by atoms with van der Waals surface area (Å²) in [6.45, 7) is 14.8. The summed E-state index contributed by atoms with van der Waals surface area (Å²) in [4.78, 5) is 2.55. The summed E-state index contributed by atoms with van der Waals surface area (Å²) < 4.78 is 0. The van der Waals surface area contributed by atoms with Gasteiger partial charge >= 0.3 is 0 Å². The maximum Gasteiger partial charge on any atom is 0.0358 e. The molecule has 0 aliphatic rings. The Kier molecular flexibility index (Phi) is 7.86. The van der Waals surface area contributed by atoms with Gasteiger partial charge in [0, 0.05) is 18.6 Å². The molecular formula is C18H32N2. The van der Waals surface area contributed by atoms with Crippen LogP contribution in [-0.4, -0.2) is 30.6 Å². The second-order valence-corrected chi connectivity index (χ2v) is 6.00. The molecule has 0 fully saturated rings. The van der Waals surface area contributed by atoms with Crippen LogP contribution in [-0.2, 0) is 0 Å². The predicted molar refractivity (Wildman–Crippen MR) is 89.0 cm³/mol. The fraction of sp³-hybridized carbons (Fsp3) is 0.667. The monoisotopic (exact) mass is 276 g/mol. The third-order valence-electron chi connectivity index (χ3n) is 4.00. The third kappa shape index (κ3) is 5.26. The minimum absolute atomic E-state index is 0.448. The normalized spacial score (nSPS) is 14.8. The number of rotatable bonds is 9. The Hall–Kier alpha value is -0.860. The molecule has 2 heteroatoms. The highest BCUT2D eigenvalue weighted by molar-refractivity contribution is 5.19. The molecule has 0 aliphatic carbocycles. The van der Waals surface area contributed by atoms with Crippen LogP contribution in [0.4, 0.5) is 0 Å². The fourth-order valence-corrected chi connectivity index (χ4v) is 2.79. The molecule has 0 aromatic heterocycles. The molecule has 0 radical (unpaired) electrons. The topological polar surface area (TPSA) is 15.3 Å². The number of nitrogens with one attached hydrogen (secondary N) is 1. The van der Waals surface area contributed by atoms with Gasteiger partial charge in [0.15, 0.2) is 0 Å². The Morgan fingerprint density at radius 1 is 1.05 bits per heavy atom. The zero-order valence-electron chi connectivity index (χ0n) is 13.9. The largest absolute Gasteiger partial charge is 0.310 e. The van der Waals surface area contributed by atoms with Crippen molar-refractivity contribution in [1.82, 2.24) is 10.2 Å². The highest BCUT2D eigenvalue weighted by Gasteiger charge is 2.21.